The van der Waals surface area contributed by atoms with Crippen LogP contribution in [0.2, 0.25) is 5.28 Å². The molecular formula is C20H20ClN9O4. The zero-order chi connectivity index (χ0) is 23.7. The second kappa shape index (κ2) is 8.93. The quantitative estimate of drug-likeness (QED) is 0.307. The SMILES string of the molecule is Nc1nc(Cl)nc2c1ncn2[C@H]1CC[C@@H](CO[C@](Cc2ccccc2)(C(=O)O)c2nnn[nH]2)O1. The predicted octanol–water partition coefficient (Wildman–Crippen LogP) is 1.49. The minimum atomic E-state index is -1.82. The summed E-state index contributed by atoms with van der Waals surface area (Å²) in [5.74, 6) is -1.04. The first-order valence-electron chi connectivity index (χ1n) is 10.4. The third-order valence-corrected chi connectivity index (χ3v) is 5.87. The molecule has 0 radical (unpaired) electrons. The van der Waals surface area contributed by atoms with E-state index in [9.17, 15) is 9.90 Å². The lowest BCUT2D eigenvalue weighted by atomic mass is 9.93. The highest BCUT2D eigenvalue weighted by Gasteiger charge is 2.46. The third-order valence-electron chi connectivity index (χ3n) is 5.70. The fraction of sp³-hybridized carbons (Fsp3) is 0.350. The number of hydrogen-bond acceptors (Lipinski definition) is 10. The van der Waals surface area contributed by atoms with Gasteiger partial charge in [-0.25, -0.2) is 14.9 Å². The minimum absolute atomic E-state index is 0.000760. The average Bonchev–Trinajstić information content (AvgIpc) is 3.57. The number of nitrogens with zero attached hydrogens (tertiary/aromatic N) is 7. The summed E-state index contributed by atoms with van der Waals surface area (Å²) < 4.78 is 13.9. The molecule has 14 heteroatoms. The van der Waals surface area contributed by atoms with E-state index in [4.69, 9.17) is 26.8 Å². The van der Waals surface area contributed by atoms with Crippen LogP contribution in [0, 0.1) is 0 Å². The Morgan fingerprint density at radius 3 is 2.88 bits per heavy atom. The molecule has 4 aromatic rings. The number of H-pyrrole nitrogens is 1. The lowest BCUT2D eigenvalue weighted by Gasteiger charge is -2.28. The Kier molecular flexibility index (Phi) is 5.81. The van der Waals surface area contributed by atoms with Gasteiger partial charge in [0.15, 0.2) is 17.3 Å². The van der Waals surface area contributed by atoms with Gasteiger partial charge < -0.3 is 20.3 Å². The first kappa shape index (κ1) is 22.1. The molecule has 1 fully saturated rings. The summed E-state index contributed by atoms with van der Waals surface area (Å²) in [5.41, 5.74) is 5.71. The van der Waals surface area contributed by atoms with Gasteiger partial charge in [0, 0.05) is 6.42 Å². The van der Waals surface area contributed by atoms with Gasteiger partial charge in [-0.3, -0.25) is 4.57 Å². The predicted molar refractivity (Wildman–Crippen MR) is 117 cm³/mol. The van der Waals surface area contributed by atoms with Crippen molar-refractivity contribution in [2.75, 3.05) is 12.3 Å². The van der Waals surface area contributed by atoms with E-state index in [1.54, 1.807) is 10.9 Å². The van der Waals surface area contributed by atoms with Gasteiger partial charge in [-0.15, -0.1) is 5.10 Å². The molecule has 1 saturated heterocycles. The molecule has 0 saturated carbocycles. The molecule has 4 N–H and O–H groups in total. The van der Waals surface area contributed by atoms with Crippen molar-refractivity contribution in [1.82, 2.24) is 40.1 Å². The standard InChI is InChI=1S/C20H20ClN9O4/c21-19-24-15(22)14-16(25-19)30(10-23-14)13-7-6-12(34-13)9-33-20(18(31)32,17-26-28-29-27-17)8-11-4-2-1-3-5-11/h1-5,10,12-13H,6-9H2,(H,31,32)(H2,22,24,25)(H,26,27,28,29)/t12-,13+,20-/m0/s1. The van der Waals surface area contributed by atoms with Crippen LogP contribution in [0.25, 0.3) is 11.2 Å². The van der Waals surface area contributed by atoms with Crippen molar-refractivity contribution < 1.29 is 19.4 Å². The van der Waals surface area contributed by atoms with E-state index in [0.29, 0.717) is 24.0 Å². The Hall–Kier alpha value is -3.68. The zero-order valence-corrected chi connectivity index (χ0v) is 18.5. The number of ether oxygens (including phenoxy) is 2. The maximum atomic E-state index is 12.5. The molecule has 1 aliphatic rings. The minimum Gasteiger partial charge on any atom is -0.479 e. The van der Waals surface area contributed by atoms with Crippen LogP contribution in [0.3, 0.4) is 0 Å². The lowest BCUT2D eigenvalue weighted by Crippen LogP contribution is -2.44. The van der Waals surface area contributed by atoms with E-state index < -0.39 is 17.8 Å². The van der Waals surface area contributed by atoms with Crippen LogP contribution in [0.1, 0.15) is 30.5 Å². The number of fused-ring (bicyclic) bond motifs is 1. The molecule has 1 aliphatic heterocycles. The summed E-state index contributed by atoms with van der Waals surface area (Å²) in [6, 6.07) is 9.12. The van der Waals surface area contributed by atoms with E-state index in [-0.39, 0.29) is 36.1 Å². The summed E-state index contributed by atoms with van der Waals surface area (Å²) in [7, 11) is 0. The van der Waals surface area contributed by atoms with E-state index in [0.717, 1.165) is 5.56 Å². The molecule has 3 atom stereocenters. The molecule has 0 aliphatic carbocycles. The number of benzene rings is 1. The Morgan fingerprint density at radius 1 is 1.32 bits per heavy atom. The maximum absolute atomic E-state index is 12.5. The van der Waals surface area contributed by atoms with Crippen molar-refractivity contribution in [3.05, 3.63) is 53.3 Å². The number of halogens is 1. The lowest BCUT2D eigenvalue weighted by molar-refractivity contribution is -0.175. The van der Waals surface area contributed by atoms with Gasteiger partial charge in [-0.05, 0) is 40.4 Å². The van der Waals surface area contributed by atoms with Crippen LogP contribution in [-0.4, -0.2) is 63.9 Å². The topological polar surface area (TPSA) is 180 Å². The van der Waals surface area contributed by atoms with Crippen molar-refractivity contribution in [3.63, 3.8) is 0 Å². The van der Waals surface area contributed by atoms with Gasteiger partial charge in [0.1, 0.15) is 11.7 Å². The molecule has 13 nitrogen and oxygen atoms in total. The molecule has 3 aromatic heterocycles. The molecule has 4 heterocycles. The second-order valence-electron chi connectivity index (χ2n) is 7.85. The Balaban J connectivity index is 1.35. The summed E-state index contributed by atoms with van der Waals surface area (Å²) in [5, 5.41) is 23.7. The number of aliphatic carboxylic acids is 1. The molecule has 176 valence electrons. The molecule has 1 aromatic carbocycles. The van der Waals surface area contributed by atoms with E-state index in [2.05, 4.69) is 35.6 Å². The third kappa shape index (κ3) is 4.04. The molecule has 0 unspecified atom stereocenters. The highest BCUT2D eigenvalue weighted by molar-refractivity contribution is 6.28. The number of nitrogens with two attached hydrogens (primary N) is 1. The Bertz CT molecular complexity index is 1300. The number of tetrazole rings is 1. The van der Waals surface area contributed by atoms with Crippen LogP contribution in [0.15, 0.2) is 36.7 Å². The zero-order valence-electron chi connectivity index (χ0n) is 17.7. The molecule has 5 rings (SSSR count). The highest BCUT2D eigenvalue weighted by Crippen LogP contribution is 2.34. The maximum Gasteiger partial charge on any atom is 0.344 e. The fourth-order valence-corrected chi connectivity index (χ4v) is 4.20. The number of aromatic nitrogens is 8. The number of anilines is 1. The summed E-state index contributed by atoms with van der Waals surface area (Å²) in [6.07, 6.45) is 2.05. The molecule has 0 spiro atoms. The smallest absolute Gasteiger partial charge is 0.344 e. The highest BCUT2D eigenvalue weighted by atomic mass is 35.5. The number of imidazole rings is 1. The largest absolute Gasteiger partial charge is 0.479 e. The number of carboxylic acid groups (broad SMARTS) is 1. The summed E-state index contributed by atoms with van der Waals surface area (Å²) in [6.45, 7) is 0.000836. The number of nitrogens with one attached hydrogen (secondary N) is 1. The molecule has 0 amide bonds. The summed E-state index contributed by atoms with van der Waals surface area (Å²) in [4.78, 5) is 24.8. The summed E-state index contributed by atoms with van der Waals surface area (Å²) >= 11 is 5.95. The van der Waals surface area contributed by atoms with Gasteiger partial charge >= 0.3 is 5.97 Å². The Morgan fingerprint density at radius 2 is 2.15 bits per heavy atom. The Labute approximate surface area is 197 Å². The first-order valence-corrected chi connectivity index (χ1v) is 10.8. The number of nitrogen functional groups attached to an aromatic ring is 1. The van der Waals surface area contributed by atoms with Crippen LogP contribution >= 0.6 is 11.6 Å². The van der Waals surface area contributed by atoms with E-state index in [1.165, 1.54) is 0 Å². The van der Waals surface area contributed by atoms with Gasteiger partial charge in [0.25, 0.3) is 0 Å². The van der Waals surface area contributed by atoms with Gasteiger partial charge in [-0.1, -0.05) is 30.3 Å². The van der Waals surface area contributed by atoms with Crippen LogP contribution in [0.5, 0.6) is 0 Å². The molecular weight excluding hydrogens is 466 g/mol. The van der Waals surface area contributed by atoms with E-state index >= 15 is 0 Å². The van der Waals surface area contributed by atoms with Crippen molar-refractivity contribution in [2.45, 2.75) is 37.2 Å². The second-order valence-corrected chi connectivity index (χ2v) is 8.19. The fourth-order valence-electron chi connectivity index (χ4n) is 4.03. The van der Waals surface area contributed by atoms with Crippen molar-refractivity contribution in [3.8, 4) is 0 Å². The van der Waals surface area contributed by atoms with Crippen LogP contribution < -0.4 is 5.73 Å². The monoisotopic (exact) mass is 485 g/mol. The van der Waals surface area contributed by atoms with Crippen molar-refractivity contribution in [1.29, 1.82) is 0 Å². The van der Waals surface area contributed by atoms with Crippen molar-refractivity contribution >= 4 is 34.6 Å². The van der Waals surface area contributed by atoms with E-state index in [1.807, 2.05) is 30.3 Å². The van der Waals surface area contributed by atoms with Gasteiger partial charge in [0.05, 0.1) is 19.0 Å². The first-order chi connectivity index (χ1) is 16.5. The normalized spacial score (nSPS) is 19.9. The number of hydrogen-bond donors (Lipinski definition) is 3. The number of rotatable bonds is 8. The number of carbonyl (C=O) groups is 1. The average molecular weight is 486 g/mol. The van der Waals surface area contributed by atoms with Crippen LogP contribution in [-0.2, 0) is 26.3 Å². The van der Waals surface area contributed by atoms with Gasteiger partial charge in [0.2, 0.25) is 10.9 Å². The molecule has 34 heavy (non-hydrogen) atoms. The van der Waals surface area contributed by atoms with Gasteiger partial charge in [-0.2, -0.15) is 9.97 Å². The molecule has 0 bridgehead atoms. The van der Waals surface area contributed by atoms with Crippen LogP contribution in [0.4, 0.5) is 5.82 Å². The number of aromatic amines is 1. The number of carboxylic acids is 1. The van der Waals surface area contributed by atoms with Crippen molar-refractivity contribution in [2.24, 2.45) is 0 Å².